The Morgan fingerprint density at radius 1 is 1.29 bits per heavy atom. The van der Waals surface area contributed by atoms with Crippen LogP contribution in [0.2, 0.25) is 0 Å². The van der Waals surface area contributed by atoms with Gasteiger partial charge in [-0.2, -0.15) is 4.98 Å². The molecule has 0 radical (unpaired) electrons. The van der Waals surface area contributed by atoms with Gasteiger partial charge in [-0.1, -0.05) is 6.92 Å². The quantitative estimate of drug-likeness (QED) is 0.707. The number of aryl methyl sites for hydroxylation is 1. The van der Waals surface area contributed by atoms with Crippen LogP contribution in [0, 0.1) is 5.92 Å². The van der Waals surface area contributed by atoms with E-state index in [0.29, 0.717) is 30.6 Å². The molecule has 0 aliphatic carbocycles. The number of anilines is 1. The van der Waals surface area contributed by atoms with Gasteiger partial charge in [0.25, 0.3) is 0 Å². The third-order valence-corrected chi connectivity index (χ3v) is 3.45. The average molecular weight is 335 g/mol. The number of ether oxygens (including phenoxy) is 2. The first-order valence-electron chi connectivity index (χ1n) is 7.72. The summed E-state index contributed by atoms with van der Waals surface area (Å²) >= 11 is 0. The number of rotatable bonds is 8. The summed E-state index contributed by atoms with van der Waals surface area (Å²) in [6, 6.07) is 0. The van der Waals surface area contributed by atoms with Gasteiger partial charge in [-0.15, -0.1) is 0 Å². The Morgan fingerprint density at radius 3 is 2.75 bits per heavy atom. The highest BCUT2D eigenvalue weighted by molar-refractivity contribution is 5.70. The highest BCUT2D eigenvalue weighted by Crippen LogP contribution is 2.14. The van der Waals surface area contributed by atoms with E-state index in [0.717, 1.165) is 0 Å². The van der Waals surface area contributed by atoms with Crippen molar-refractivity contribution < 1.29 is 19.1 Å². The van der Waals surface area contributed by atoms with Gasteiger partial charge >= 0.3 is 11.9 Å². The lowest BCUT2D eigenvalue weighted by molar-refractivity contribution is -0.147. The van der Waals surface area contributed by atoms with Crippen LogP contribution in [0.3, 0.4) is 0 Å². The largest absolute Gasteiger partial charge is 0.465 e. The second-order valence-electron chi connectivity index (χ2n) is 5.37. The van der Waals surface area contributed by atoms with Crippen LogP contribution < -0.4 is 5.73 Å². The monoisotopic (exact) mass is 335 g/mol. The van der Waals surface area contributed by atoms with Crippen molar-refractivity contribution in [1.29, 1.82) is 0 Å². The van der Waals surface area contributed by atoms with Crippen molar-refractivity contribution >= 4 is 29.1 Å². The molecule has 2 aromatic heterocycles. The SMILES string of the molecule is CCC(=O)OCC(CCn1cnc2cnc(N)nc21)COC(C)=O. The van der Waals surface area contributed by atoms with E-state index in [1.807, 2.05) is 4.57 Å². The summed E-state index contributed by atoms with van der Waals surface area (Å²) in [5.41, 5.74) is 6.90. The second kappa shape index (κ2) is 8.23. The van der Waals surface area contributed by atoms with E-state index in [1.54, 1.807) is 19.4 Å². The Balaban J connectivity index is 2.00. The van der Waals surface area contributed by atoms with Crippen LogP contribution >= 0.6 is 0 Å². The van der Waals surface area contributed by atoms with Crippen molar-refractivity contribution in [2.24, 2.45) is 5.92 Å². The van der Waals surface area contributed by atoms with E-state index >= 15 is 0 Å². The fourth-order valence-electron chi connectivity index (χ4n) is 2.12. The lowest BCUT2D eigenvalue weighted by Gasteiger charge is -2.17. The molecular formula is C15H21N5O4. The standard InChI is InChI=1S/C15H21N5O4/c1-3-13(22)24-8-11(7-23-10(2)21)4-5-20-9-18-12-6-17-15(16)19-14(12)20/h6,9,11H,3-5,7-8H2,1-2H3,(H2,16,17,19). The summed E-state index contributed by atoms with van der Waals surface area (Å²) in [5.74, 6) is -0.578. The first-order chi connectivity index (χ1) is 11.5. The fraction of sp³-hybridized carbons (Fsp3) is 0.533. The zero-order valence-corrected chi connectivity index (χ0v) is 13.8. The molecule has 2 rings (SSSR count). The number of nitrogen functional groups attached to an aromatic ring is 1. The number of imidazole rings is 1. The normalized spacial score (nSPS) is 12.1. The number of aromatic nitrogens is 4. The zero-order valence-electron chi connectivity index (χ0n) is 13.8. The molecule has 1 atom stereocenters. The van der Waals surface area contributed by atoms with Gasteiger partial charge in [0.05, 0.1) is 25.7 Å². The number of hydrogen-bond acceptors (Lipinski definition) is 8. The molecule has 130 valence electrons. The van der Waals surface area contributed by atoms with Gasteiger partial charge in [0.2, 0.25) is 5.95 Å². The maximum absolute atomic E-state index is 11.3. The number of nitrogens with zero attached hydrogens (tertiary/aromatic N) is 4. The predicted molar refractivity (Wildman–Crippen MR) is 85.7 cm³/mol. The highest BCUT2D eigenvalue weighted by atomic mass is 16.5. The summed E-state index contributed by atoms with van der Waals surface area (Å²) in [4.78, 5) is 34.6. The number of carbonyl (C=O) groups is 2. The summed E-state index contributed by atoms with van der Waals surface area (Å²) in [5, 5.41) is 0. The predicted octanol–water partition coefficient (Wildman–Crippen LogP) is 0.931. The first-order valence-corrected chi connectivity index (χ1v) is 7.72. The van der Waals surface area contributed by atoms with Gasteiger partial charge in [0.1, 0.15) is 5.52 Å². The van der Waals surface area contributed by atoms with Crippen LogP contribution in [-0.4, -0.2) is 44.7 Å². The number of hydrogen-bond donors (Lipinski definition) is 1. The molecule has 0 saturated carbocycles. The number of fused-ring (bicyclic) bond motifs is 1. The van der Waals surface area contributed by atoms with Crippen LogP contribution in [0.1, 0.15) is 26.7 Å². The Bertz CT molecular complexity index is 715. The number of nitrogens with two attached hydrogens (primary N) is 1. The third-order valence-electron chi connectivity index (χ3n) is 3.45. The molecule has 0 fully saturated rings. The summed E-state index contributed by atoms with van der Waals surface area (Å²) < 4.78 is 12.1. The van der Waals surface area contributed by atoms with Crippen LogP contribution in [0.5, 0.6) is 0 Å². The van der Waals surface area contributed by atoms with Crippen LogP contribution in [0.25, 0.3) is 11.2 Å². The van der Waals surface area contributed by atoms with E-state index in [4.69, 9.17) is 15.2 Å². The second-order valence-corrected chi connectivity index (χ2v) is 5.37. The Labute approximate surface area is 139 Å². The van der Waals surface area contributed by atoms with Crippen LogP contribution in [0.4, 0.5) is 5.95 Å². The molecule has 2 aromatic rings. The fourth-order valence-corrected chi connectivity index (χ4v) is 2.12. The topological polar surface area (TPSA) is 122 Å². The van der Waals surface area contributed by atoms with Gasteiger partial charge in [-0.05, 0) is 6.42 Å². The maximum atomic E-state index is 11.3. The van der Waals surface area contributed by atoms with Crippen LogP contribution in [-0.2, 0) is 25.6 Å². The van der Waals surface area contributed by atoms with Crippen molar-refractivity contribution in [3.8, 4) is 0 Å². The molecule has 24 heavy (non-hydrogen) atoms. The van der Waals surface area contributed by atoms with E-state index in [-0.39, 0.29) is 37.0 Å². The van der Waals surface area contributed by atoms with Crippen molar-refractivity contribution in [3.05, 3.63) is 12.5 Å². The van der Waals surface area contributed by atoms with Gasteiger partial charge in [-0.3, -0.25) is 9.59 Å². The lowest BCUT2D eigenvalue weighted by Crippen LogP contribution is -2.21. The smallest absolute Gasteiger partial charge is 0.305 e. The van der Waals surface area contributed by atoms with Crippen LogP contribution in [0.15, 0.2) is 12.5 Å². The minimum absolute atomic E-state index is 0.110. The Kier molecular flexibility index (Phi) is 6.05. The van der Waals surface area contributed by atoms with Gasteiger partial charge in [0.15, 0.2) is 5.65 Å². The lowest BCUT2D eigenvalue weighted by atomic mass is 10.1. The number of carbonyl (C=O) groups excluding carboxylic acids is 2. The molecule has 2 N–H and O–H groups in total. The van der Waals surface area contributed by atoms with Crippen molar-refractivity contribution in [2.75, 3.05) is 18.9 Å². The average Bonchev–Trinajstić information content (AvgIpc) is 2.95. The van der Waals surface area contributed by atoms with Crippen molar-refractivity contribution in [1.82, 2.24) is 19.5 Å². The summed E-state index contributed by atoms with van der Waals surface area (Å²) in [6.45, 7) is 4.03. The molecule has 9 heteroatoms. The molecule has 0 saturated heterocycles. The van der Waals surface area contributed by atoms with E-state index < -0.39 is 0 Å². The zero-order chi connectivity index (χ0) is 17.5. The Hall–Kier alpha value is -2.71. The van der Waals surface area contributed by atoms with Gasteiger partial charge in [-0.25, -0.2) is 9.97 Å². The maximum Gasteiger partial charge on any atom is 0.305 e. The third kappa shape index (κ3) is 4.90. The van der Waals surface area contributed by atoms with Gasteiger partial charge < -0.3 is 19.8 Å². The molecule has 0 aliphatic heterocycles. The first kappa shape index (κ1) is 17.6. The van der Waals surface area contributed by atoms with Gasteiger partial charge in [0, 0.05) is 25.8 Å². The molecule has 2 heterocycles. The molecule has 0 aromatic carbocycles. The molecule has 0 aliphatic rings. The van der Waals surface area contributed by atoms with E-state index in [1.165, 1.54) is 6.92 Å². The minimum Gasteiger partial charge on any atom is -0.465 e. The van der Waals surface area contributed by atoms with Crippen molar-refractivity contribution in [2.45, 2.75) is 33.2 Å². The van der Waals surface area contributed by atoms with E-state index in [2.05, 4.69) is 15.0 Å². The molecule has 1 unspecified atom stereocenters. The molecule has 0 spiro atoms. The molecular weight excluding hydrogens is 314 g/mol. The summed E-state index contributed by atoms with van der Waals surface area (Å²) in [6.07, 6.45) is 4.15. The summed E-state index contributed by atoms with van der Waals surface area (Å²) in [7, 11) is 0. The molecule has 9 nitrogen and oxygen atoms in total. The van der Waals surface area contributed by atoms with Crippen molar-refractivity contribution in [3.63, 3.8) is 0 Å². The minimum atomic E-state index is -0.365. The van der Waals surface area contributed by atoms with E-state index in [9.17, 15) is 9.59 Å². The number of esters is 2. The molecule has 0 amide bonds. The molecule has 0 bridgehead atoms. The highest BCUT2D eigenvalue weighted by Gasteiger charge is 2.15. The Morgan fingerprint density at radius 2 is 2.04 bits per heavy atom.